The Morgan fingerprint density at radius 3 is 2.41 bits per heavy atom. The van der Waals surface area contributed by atoms with Crippen molar-refractivity contribution in [3.63, 3.8) is 0 Å². The molecular weight excluding hydrogens is 454 g/mol. The Balaban J connectivity index is 1.97. The van der Waals surface area contributed by atoms with Crippen LogP contribution in [0.4, 0.5) is 11.4 Å². The number of hydrogen-bond donors (Lipinski definition) is 1. The molecule has 1 heterocycles. The van der Waals surface area contributed by atoms with Crippen LogP contribution in [0.25, 0.3) is 0 Å². The lowest BCUT2D eigenvalue weighted by Crippen LogP contribution is -2.38. The number of carbonyl (C=O) groups is 1. The number of aryl methyl sites for hydroxylation is 3. The maximum Gasteiger partial charge on any atom is 0.270 e. The smallest absolute Gasteiger partial charge is 0.270 e. The molecule has 0 bridgehead atoms. The van der Waals surface area contributed by atoms with Gasteiger partial charge in [0.2, 0.25) is 5.91 Å². The van der Waals surface area contributed by atoms with E-state index in [2.05, 4.69) is 10.5 Å². The van der Waals surface area contributed by atoms with Crippen molar-refractivity contribution in [2.45, 2.75) is 32.6 Å². The number of ether oxygens (including phenoxy) is 1. The van der Waals surface area contributed by atoms with Crippen molar-refractivity contribution in [3.8, 4) is 5.75 Å². The van der Waals surface area contributed by atoms with Crippen LogP contribution in [-0.4, -0.2) is 32.6 Å². The van der Waals surface area contributed by atoms with Crippen LogP contribution in [0.3, 0.4) is 0 Å². The third-order valence-electron chi connectivity index (χ3n) is 4.64. The fraction of sp³-hybridized carbons (Fsp3) is 0.273. The van der Waals surface area contributed by atoms with Gasteiger partial charge in [-0.05, 0) is 69.7 Å². The van der Waals surface area contributed by atoms with Crippen LogP contribution in [0.1, 0.15) is 23.9 Å². The molecule has 10 heteroatoms. The maximum atomic E-state index is 13.5. The number of benzene rings is 2. The second-order valence-electron chi connectivity index (χ2n) is 7.12. The van der Waals surface area contributed by atoms with Gasteiger partial charge in [0, 0.05) is 0 Å². The van der Waals surface area contributed by atoms with Crippen LogP contribution in [0.2, 0.25) is 5.02 Å². The first-order valence-corrected chi connectivity index (χ1v) is 11.7. The molecule has 0 saturated heterocycles. The van der Waals surface area contributed by atoms with E-state index in [9.17, 15) is 13.2 Å². The highest BCUT2D eigenvalue weighted by atomic mass is 35.5. The Labute approximate surface area is 192 Å². The van der Waals surface area contributed by atoms with Gasteiger partial charge in [-0.25, -0.2) is 8.42 Å². The van der Waals surface area contributed by atoms with Crippen molar-refractivity contribution in [2.75, 3.05) is 22.8 Å². The van der Waals surface area contributed by atoms with Gasteiger partial charge in [-0.1, -0.05) is 22.8 Å². The Morgan fingerprint density at radius 1 is 1.16 bits per heavy atom. The van der Waals surface area contributed by atoms with E-state index in [1.165, 1.54) is 13.8 Å². The molecule has 0 fully saturated rings. The number of nitrogens with zero attached hydrogens (tertiary/aromatic N) is 2. The third kappa shape index (κ3) is 5.05. The summed E-state index contributed by atoms with van der Waals surface area (Å²) in [5.41, 5.74) is 1.83. The molecule has 0 aliphatic carbocycles. The Hall–Kier alpha value is -3.04. The van der Waals surface area contributed by atoms with Crippen LogP contribution >= 0.6 is 11.6 Å². The molecule has 1 amide bonds. The minimum absolute atomic E-state index is 0.0763. The van der Waals surface area contributed by atoms with Gasteiger partial charge in [0.1, 0.15) is 18.0 Å². The highest BCUT2D eigenvalue weighted by Crippen LogP contribution is 2.30. The molecule has 170 valence electrons. The summed E-state index contributed by atoms with van der Waals surface area (Å²) in [6.45, 7) is 6.76. The summed E-state index contributed by atoms with van der Waals surface area (Å²) in [4.78, 5) is 12.8. The molecule has 3 aromatic rings. The number of rotatable bonds is 8. The molecule has 3 rings (SSSR count). The number of halogens is 1. The molecule has 0 unspecified atom stereocenters. The molecular formula is C22H24ClN3O5S. The zero-order chi connectivity index (χ0) is 23.5. The molecule has 0 aliphatic heterocycles. The van der Waals surface area contributed by atoms with E-state index in [1.54, 1.807) is 42.5 Å². The minimum atomic E-state index is -4.16. The zero-order valence-electron chi connectivity index (χ0n) is 18.2. The van der Waals surface area contributed by atoms with Crippen LogP contribution in [0, 0.1) is 20.8 Å². The van der Waals surface area contributed by atoms with Gasteiger partial charge >= 0.3 is 0 Å². The number of sulfonamides is 1. The molecule has 0 atom stereocenters. The number of aromatic nitrogens is 1. The van der Waals surface area contributed by atoms with Gasteiger partial charge in [0.25, 0.3) is 10.0 Å². The Bertz CT molecular complexity index is 1200. The van der Waals surface area contributed by atoms with E-state index in [-0.39, 0.29) is 16.3 Å². The predicted octanol–water partition coefficient (Wildman–Crippen LogP) is 4.49. The van der Waals surface area contributed by atoms with Gasteiger partial charge in [0.05, 0.1) is 23.0 Å². The van der Waals surface area contributed by atoms with Crippen molar-refractivity contribution in [1.82, 2.24) is 5.16 Å². The van der Waals surface area contributed by atoms with Crippen molar-refractivity contribution < 1.29 is 22.5 Å². The van der Waals surface area contributed by atoms with Crippen LogP contribution < -0.4 is 14.4 Å². The van der Waals surface area contributed by atoms with Crippen molar-refractivity contribution in [1.29, 1.82) is 0 Å². The quantitative estimate of drug-likeness (QED) is 0.513. The van der Waals surface area contributed by atoms with Crippen LogP contribution in [0.15, 0.2) is 51.9 Å². The molecule has 2 aromatic carbocycles. The first kappa shape index (κ1) is 23.6. The van der Waals surface area contributed by atoms with E-state index in [0.717, 1.165) is 9.87 Å². The summed E-state index contributed by atoms with van der Waals surface area (Å²) in [5.74, 6) is 0.169. The second-order valence-corrected chi connectivity index (χ2v) is 9.33. The van der Waals surface area contributed by atoms with Gasteiger partial charge in [-0.3, -0.25) is 9.10 Å². The summed E-state index contributed by atoms with van der Waals surface area (Å²) in [5, 5.41) is 6.78. The van der Waals surface area contributed by atoms with Gasteiger partial charge in [0.15, 0.2) is 10.7 Å². The molecule has 1 N–H and O–H groups in total. The molecule has 0 saturated carbocycles. The number of amides is 1. The number of hydrogen-bond acceptors (Lipinski definition) is 6. The zero-order valence-corrected chi connectivity index (χ0v) is 19.7. The maximum absolute atomic E-state index is 13.5. The van der Waals surface area contributed by atoms with Gasteiger partial charge < -0.3 is 14.6 Å². The monoisotopic (exact) mass is 477 g/mol. The van der Waals surface area contributed by atoms with Gasteiger partial charge in [-0.15, -0.1) is 0 Å². The molecule has 0 radical (unpaired) electrons. The second kappa shape index (κ2) is 9.62. The van der Waals surface area contributed by atoms with Crippen LogP contribution in [0.5, 0.6) is 5.75 Å². The van der Waals surface area contributed by atoms with E-state index in [1.807, 2.05) is 13.8 Å². The molecule has 8 nitrogen and oxygen atoms in total. The first-order chi connectivity index (χ1) is 15.1. The first-order valence-electron chi connectivity index (χ1n) is 9.88. The lowest BCUT2D eigenvalue weighted by atomic mass is 10.2. The van der Waals surface area contributed by atoms with E-state index >= 15 is 0 Å². The third-order valence-corrected chi connectivity index (χ3v) is 6.97. The van der Waals surface area contributed by atoms with Crippen molar-refractivity contribution in [2.24, 2.45) is 0 Å². The minimum Gasteiger partial charge on any atom is -0.494 e. The van der Waals surface area contributed by atoms with E-state index in [0.29, 0.717) is 28.8 Å². The molecule has 1 aromatic heterocycles. The van der Waals surface area contributed by atoms with Crippen LogP contribution in [-0.2, 0) is 14.8 Å². The Kier molecular flexibility index (Phi) is 7.10. The summed E-state index contributed by atoms with van der Waals surface area (Å²) >= 11 is 6.21. The van der Waals surface area contributed by atoms with E-state index < -0.39 is 22.5 Å². The van der Waals surface area contributed by atoms with Crippen molar-refractivity contribution in [3.05, 3.63) is 64.5 Å². The Morgan fingerprint density at radius 2 is 1.84 bits per heavy atom. The van der Waals surface area contributed by atoms with Gasteiger partial charge in [-0.2, -0.15) is 0 Å². The average molecular weight is 478 g/mol. The largest absolute Gasteiger partial charge is 0.494 e. The summed E-state index contributed by atoms with van der Waals surface area (Å²) in [6.07, 6.45) is 0. The molecule has 0 spiro atoms. The molecule has 0 aliphatic rings. The SMILES string of the molecule is CCOc1ccc(N(CC(=O)Nc2ccc(C)cc2Cl)S(=O)(=O)c2c(C)noc2C)cc1. The average Bonchev–Trinajstić information content (AvgIpc) is 3.08. The normalized spacial score (nSPS) is 11.3. The number of anilines is 2. The standard InChI is InChI=1S/C22H24ClN3O5S/c1-5-30-18-9-7-17(8-10-18)26(32(28,29)22-15(3)25-31-16(22)4)13-21(27)24-20-11-6-14(2)12-19(20)23/h6-12H,5,13H2,1-4H3,(H,24,27). The summed E-state index contributed by atoms with van der Waals surface area (Å²) in [7, 11) is -4.16. The fourth-order valence-electron chi connectivity index (χ4n) is 3.19. The van der Waals surface area contributed by atoms with E-state index in [4.69, 9.17) is 20.9 Å². The predicted molar refractivity (Wildman–Crippen MR) is 123 cm³/mol. The highest BCUT2D eigenvalue weighted by molar-refractivity contribution is 7.93. The summed E-state index contributed by atoms with van der Waals surface area (Å²) < 4.78 is 38.6. The highest BCUT2D eigenvalue weighted by Gasteiger charge is 2.33. The fourth-order valence-corrected chi connectivity index (χ4v) is 5.19. The summed E-state index contributed by atoms with van der Waals surface area (Å²) in [6, 6.07) is 11.6. The van der Waals surface area contributed by atoms with Crippen molar-refractivity contribution >= 4 is 38.9 Å². The lowest BCUT2D eigenvalue weighted by Gasteiger charge is -2.24. The topological polar surface area (TPSA) is 102 Å². The number of nitrogens with one attached hydrogen (secondary N) is 1. The number of carbonyl (C=O) groups excluding carboxylic acids is 1. The lowest BCUT2D eigenvalue weighted by molar-refractivity contribution is -0.114. The molecule has 32 heavy (non-hydrogen) atoms.